The smallest absolute Gasteiger partial charge is 0.249 e. The molecule has 0 spiro atoms. The van der Waals surface area contributed by atoms with Gasteiger partial charge in [-0.15, -0.1) is 23.7 Å². The van der Waals surface area contributed by atoms with Crippen molar-refractivity contribution in [2.75, 3.05) is 11.9 Å². The van der Waals surface area contributed by atoms with Crippen LogP contribution in [0.2, 0.25) is 0 Å². The molecule has 0 saturated carbocycles. The average molecular weight is 395 g/mol. The van der Waals surface area contributed by atoms with Crippen LogP contribution in [0.4, 0.5) is 5.69 Å². The number of para-hydroxylation sites is 1. The van der Waals surface area contributed by atoms with E-state index in [1.807, 2.05) is 29.6 Å². The van der Waals surface area contributed by atoms with Crippen LogP contribution in [-0.2, 0) is 22.6 Å². The number of nitrogens with one attached hydrogen (secondary N) is 2. The summed E-state index contributed by atoms with van der Waals surface area (Å²) in [6.07, 6.45) is 3.07. The molecule has 2 amide bonds. The lowest BCUT2D eigenvalue weighted by atomic mass is 10.1. The number of fused-ring (bicyclic) bond motifs is 1. The van der Waals surface area contributed by atoms with Crippen LogP contribution < -0.4 is 15.5 Å². The predicted octanol–water partition coefficient (Wildman–Crippen LogP) is 2.14. The molecule has 0 unspecified atom stereocenters. The molecule has 2 N–H and O–H groups in total. The highest BCUT2D eigenvalue weighted by Gasteiger charge is 2.32. The summed E-state index contributed by atoms with van der Waals surface area (Å²) in [6.45, 7) is 2.19. The minimum absolute atomic E-state index is 0. The fraction of sp³-hybridized carbons (Fsp3) is 0.389. The minimum Gasteiger partial charge on any atom is -0.343 e. The maximum atomic E-state index is 13.1. The third-order valence-electron chi connectivity index (χ3n) is 4.47. The number of benzene rings is 1. The second kappa shape index (κ2) is 9.12. The van der Waals surface area contributed by atoms with Crippen molar-refractivity contribution < 1.29 is 9.59 Å². The number of hydrogen-bond donors (Lipinski definition) is 2. The van der Waals surface area contributed by atoms with E-state index in [9.17, 15) is 9.59 Å². The van der Waals surface area contributed by atoms with Crippen LogP contribution in [0.25, 0.3) is 0 Å². The zero-order valence-electron chi connectivity index (χ0n) is 14.8. The molecule has 1 aromatic carbocycles. The number of carbonyl (C=O) groups excluding carboxylic acids is 2. The van der Waals surface area contributed by atoms with Crippen LogP contribution in [0, 0.1) is 0 Å². The van der Waals surface area contributed by atoms with E-state index in [1.54, 1.807) is 25.1 Å². The van der Waals surface area contributed by atoms with Crippen molar-refractivity contribution in [3.8, 4) is 0 Å². The largest absolute Gasteiger partial charge is 0.343 e. The number of hydrogen-bond acceptors (Lipinski definition) is 5. The van der Waals surface area contributed by atoms with E-state index in [4.69, 9.17) is 0 Å². The van der Waals surface area contributed by atoms with Gasteiger partial charge >= 0.3 is 0 Å². The molecule has 8 heteroatoms. The molecule has 0 radical (unpaired) electrons. The number of thiazole rings is 1. The summed E-state index contributed by atoms with van der Waals surface area (Å²) in [5, 5.41) is 8.57. The maximum absolute atomic E-state index is 13.1. The Morgan fingerprint density at radius 3 is 2.88 bits per heavy atom. The number of nitrogens with zero attached hydrogens (tertiary/aromatic N) is 2. The lowest BCUT2D eigenvalue weighted by Gasteiger charge is -2.26. The molecule has 1 aromatic heterocycles. The normalized spacial score (nSPS) is 17.7. The van der Waals surface area contributed by atoms with Crippen molar-refractivity contribution in [3.63, 3.8) is 0 Å². The van der Waals surface area contributed by atoms with Gasteiger partial charge in [0.1, 0.15) is 11.0 Å². The van der Waals surface area contributed by atoms with Crippen molar-refractivity contribution in [1.82, 2.24) is 15.6 Å². The molecule has 26 heavy (non-hydrogen) atoms. The van der Waals surface area contributed by atoms with Gasteiger partial charge in [0, 0.05) is 17.3 Å². The summed E-state index contributed by atoms with van der Waals surface area (Å²) < 4.78 is 0. The summed E-state index contributed by atoms with van der Waals surface area (Å²) in [5.74, 6) is -0.252. The van der Waals surface area contributed by atoms with E-state index in [2.05, 4.69) is 15.6 Å². The van der Waals surface area contributed by atoms with Gasteiger partial charge in [0.25, 0.3) is 0 Å². The summed E-state index contributed by atoms with van der Waals surface area (Å²) in [6, 6.07) is 7.04. The van der Waals surface area contributed by atoms with Gasteiger partial charge in [-0.3, -0.25) is 9.59 Å². The highest BCUT2D eigenvalue weighted by atomic mass is 35.5. The van der Waals surface area contributed by atoms with Crippen LogP contribution >= 0.6 is 23.7 Å². The van der Waals surface area contributed by atoms with E-state index in [-0.39, 0.29) is 30.3 Å². The van der Waals surface area contributed by atoms with E-state index < -0.39 is 6.04 Å². The maximum Gasteiger partial charge on any atom is 0.249 e. The Balaban J connectivity index is 0.00000243. The van der Waals surface area contributed by atoms with Gasteiger partial charge < -0.3 is 15.5 Å². The van der Waals surface area contributed by atoms with Crippen molar-refractivity contribution in [3.05, 3.63) is 46.4 Å². The van der Waals surface area contributed by atoms with Crippen molar-refractivity contribution in [1.29, 1.82) is 0 Å². The van der Waals surface area contributed by atoms with Crippen molar-refractivity contribution in [2.24, 2.45) is 0 Å². The average Bonchev–Trinajstić information content (AvgIpc) is 3.11. The number of carbonyl (C=O) groups is 2. The number of likely N-dealkylation sites (N-methyl/N-ethyl adjacent to an activating group) is 1. The summed E-state index contributed by atoms with van der Waals surface area (Å²) in [4.78, 5) is 31.4. The molecule has 1 aliphatic rings. The Labute approximate surface area is 163 Å². The predicted molar refractivity (Wildman–Crippen MR) is 106 cm³/mol. The minimum atomic E-state index is -0.532. The molecule has 140 valence electrons. The van der Waals surface area contributed by atoms with Gasteiger partial charge in [-0.2, -0.15) is 0 Å². The third-order valence-corrected chi connectivity index (χ3v) is 5.23. The van der Waals surface area contributed by atoms with E-state index in [1.165, 1.54) is 11.3 Å². The number of anilines is 1. The molecular weight excluding hydrogens is 372 g/mol. The number of aromatic nitrogens is 1. The lowest BCUT2D eigenvalue weighted by Crippen LogP contribution is -2.52. The van der Waals surface area contributed by atoms with Gasteiger partial charge in [0.2, 0.25) is 11.8 Å². The first-order chi connectivity index (χ1) is 12.1. The standard InChI is InChI=1S/C18H22N4O2S.ClH/c1-12(19-2)17(23)21-14-8-7-13-5-3-4-6-15(13)22(18(14)24)11-16-20-9-10-25-16;/h3-6,9-10,12,14,19H,7-8,11H2,1-2H3,(H,21,23);1H/t12-,14-;/m0./s1. The first-order valence-electron chi connectivity index (χ1n) is 8.35. The second-order valence-electron chi connectivity index (χ2n) is 6.09. The van der Waals surface area contributed by atoms with E-state index in [0.717, 1.165) is 22.7 Å². The van der Waals surface area contributed by atoms with Gasteiger partial charge in [0.05, 0.1) is 12.6 Å². The highest BCUT2D eigenvalue weighted by molar-refractivity contribution is 7.09. The summed E-state index contributed by atoms with van der Waals surface area (Å²) >= 11 is 1.52. The van der Waals surface area contributed by atoms with Crippen molar-refractivity contribution >= 4 is 41.2 Å². The zero-order chi connectivity index (χ0) is 17.8. The van der Waals surface area contributed by atoms with Crippen LogP contribution in [0.1, 0.15) is 23.9 Å². The fourth-order valence-corrected chi connectivity index (χ4v) is 3.51. The Morgan fingerprint density at radius 2 is 2.19 bits per heavy atom. The third kappa shape index (κ3) is 4.41. The monoisotopic (exact) mass is 394 g/mol. The Morgan fingerprint density at radius 1 is 1.42 bits per heavy atom. The van der Waals surface area contributed by atoms with Gasteiger partial charge in [-0.1, -0.05) is 18.2 Å². The quantitative estimate of drug-likeness (QED) is 0.814. The molecule has 6 nitrogen and oxygen atoms in total. The molecule has 3 rings (SSSR count). The molecular formula is C18H23ClN4O2S. The molecule has 1 aliphatic heterocycles. The first-order valence-corrected chi connectivity index (χ1v) is 9.23. The molecule has 0 bridgehead atoms. The Hall–Kier alpha value is -1.96. The summed E-state index contributed by atoms with van der Waals surface area (Å²) in [5.41, 5.74) is 2.02. The van der Waals surface area contributed by atoms with Crippen LogP contribution in [0.5, 0.6) is 0 Å². The molecule has 2 atom stereocenters. The van der Waals surface area contributed by atoms with E-state index >= 15 is 0 Å². The van der Waals surface area contributed by atoms with Gasteiger partial charge in [-0.05, 0) is 38.4 Å². The van der Waals surface area contributed by atoms with E-state index in [0.29, 0.717) is 13.0 Å². The van der Waals surface area contributed by atoms with Crippen LogP contribution in [0.15, 0.2) is 35.8 Å². The lowest BCUT2D eigenvalue weighted by molar-refractivity contribution is -0.128. The van der Waals surface area contributed by atoms with Crippen molar-refractivity contribution in [2.45, 2.75) is 38.4 Å². The highest BCUT2D eigenvalue weighted by Crippen LogP contribution is 2.28. The van der Waals surface area contributed by atoms with Gasteiger partial charge in [-0.25, -0.2) is 4.98 Å². The van der Waals surface area contributed by atoms with Crippen LogP contribution in [-0.4, -0.2) is 35.9 Å². The number of aryl methyl sites for hydroxylation is 1. The Kier molecular flexibility index (Phi) is 7.14. The topological polar surface area (TPSA) is 74.3 Å². The van der Waals surface area contributed by atoms with Gasteiger partial charge in [0.15, 0.2) is 0 Å². The molecule has 0 aliphatic carbocycles. The number of rotatable bonds is 5. The number of amides is 2. The zero-order valence-corrected chi connectivity index (χ0v) is 16.4. The molecule has 2 aromatic rings. The molecule has 0 fully saturated rings. The number of halogens is 1. The van der Waals surface area contributed by atoms with Crippen LogP contribution in [0.3, 0.4) is 0 Å². The fourth-order valence-electron chi connectivity index (χ4n) is 2.91. The summed E-state index contributed by atoms with van der Waals surface area (Å²) in [7, 11) is 1.73. The first kappa shape index (κ1) is 20.4. The molecule has 0 saturated heterocycles. The Bertz CT molecular complexity index is 753. The molecule has 2 heterocycles. The SMILES string of the molecule is CN[C@@H](C)C(=O)N[C@H]1CCc2ccccc2N(Cc2nccs2)C1=O.Cl. The second-order valence-corrected chi connectivity index (χ2v) is 7.07.